The molecule has 4 aromatic rings. The topological polar surface area (TPSA) is 142 Å². The summed E-state index contributed by atoms with van der Waals surface area (Å²) in [5, 5.41) is 5.40. The summed E-state index contributed by atoms with van der Waals surface area (Å²) < 4.78 is 34.9. The molecule has 2 aliphatic rings. The summed E-state index contributed by atoms with van der Waals surface area (Å²) in [4.78, 5) is 35.5. The number of piperidine rings is 1. The Balaban J connectivity index is 1.30. The molecule has 1 aliphatic heterocycles. The molecular formula is C29H27F2N7O3. The van der Waals surface area contributed by atoms with Crippen molar-refractivity contribution in [1.82, 2.24) is 24.6 Å². The first-order chi connectivity index (χ1) is 19.8. The highest BCUT2D eigenvalue weighted by Crippen LogP contribution is 2.36. The zero-order chi connectivity index (χ0) is 28.7. The van der Waals surface area contributed by atoms with Crippen LogP contribution in [0.3, 0.4) is 0 Å². The van der Waals surface area contributed by atoms with Gasteiger partial charge in [-0.2, -0.15) is 9.49 Å². The molecule has 0 bridgehead atoms. The smallest absolute Gasteiger partial charge is 0.259 e. The lowest BCUT2D eigenvalue weighted by Crippen LogP contribution is -2.43. The number of likely N-dealkylation sites (tertiary alicyclic amines) is 1. The van der Waals surface area contributed by atoms with Gasteiger partial charge < -0.3 is 21.1 Å². The molecule has 6 rings (SSSR count). The van der Waals surface area contributed by atoms with E-state index in [0.29, 0.717) is 47.6 Å². The Bertz CT molecular complexity index is 1680. The normalized spacial score (nSPS) is 17.6. The second kappa shape index (κ2) is 10.6. The molecule has 2 fully saturated rings. The maximum absolute atomic E-state index is 14.1. The van der Waals surface area contributed by atoms with E-state index in [1.165, 1.54) is 18.5 Å². The van der Waals surface area contributed by atoms with E-state index in [9.17, 15) is 18.4 Å². The molecule has 4 N–H and O–H groups in total. The highest BCUT2D eigenvalue weighted by atomic mass is 19.2. The summed E-state index contributed by atoms with van der Waals surface area (Å²) in [7, 11) is 0. The third-order valence-corrected chi connectivity index (χ3v) is 7.34. The third kappa shape index (κ3) is 5.20. The number of anilines is 1. The van der Waals surface area contributed by atoms with Gasteiger partial charge in [0.05, 0.1) is 11.4 Å². The number of benzene rings is 2. The lowest BCUT2D eigenvalue weighted by molar-refractivity contribution is -0.131. The third-order valence-electron chi connectivity index (χ3n) is 7.34. The van der Waals surface area contributed by atoms with Crippen LogP contribution in [-0.2, 0) is 9.59 Å². The number of carbonyl (C=O) groups excluding carboxylic acids is 2. The Morgan fingerprint density at radius 1 is 1.05 bits per heavy atom. The van der Waals surface area contributed by atoms with Crippen molar-refractivity contribution in [1.29, 1.82) is 0 Å². The Labute approximate surface area is 233 Å². The van der Waals surface area contributed by atoms with Crippen LogP contribution in [-0.4, -0.2) is 49.6 Å². The molecule has 10 nitrogen and oxygen atoms in total. The predicted octanol–water partition coefficient (Wildman–Crippen LogP) is 4.13. The van der Waals surface area contributed by atoms with Gasteiger partial charge in [0.2, 0.25) is 5.82 Å². The number of primary amides is 1. The lowest BCUT2D eigenvalue weighted by atomic mass is 10.0. The highest BCUT2D eigenvalue weighted by molar-refractivity contribution is 6.17. The van der Waals surface area contributed by atoms with Crippen molar-refractivity contribution in [3.8, 4) is 22.8 Å². The Hall–Kier alpha value is -4.87. The molecule has 0 radical (unpaired) electrons. The summed E-state index contributed by atoms with van der Waals surface area (Å²) in [6.07, 6.45) is 6.38. The number of rotatable bonds is 7. The van der Waals surface area contributed by atoms with E-state index in [1.807, 2.05) is 0 Å². The number of fused-ring (bicyclic) bond motifs is 1. The Kier molecular flexibility index (Phi) is 6.82. The van der Waals surface area contributed by atoms with E-state index in [-0.39, 0.29) is 35.0 Å². The monoisotopic (exact) mass is 559 g/mol. The standard InChI is InChI=1S/C29H27F2N7O3/c30-21-4-1-5-22(24(21)31)41-19-10-8-17(9-11-19)25-23-26(32)34-15-35-28(23)38(36-25)18-3-2-12-37(14-18)29(40)20(27(33)39)13-16-6-7-16/h1,4-5,8-11,13,15-16,18H,2-3,6-7,12,14H2,(H2,33,39)(H2,32,34,35)/t18-/m1/s1. The first-order valence-corrected chi connectivity index (χ1v) is 13.3. The highest BCUT2D eigenvalue weighted by Gasteiger charge is 2.32. The minimum atomic E-state index is -1.07. The van der Waals surface area contributed by atoms with Gasteiger partial charge in [-0.15, -0.1) is 0 Å². The van der Waals surface area contributed by atoms with E-state index < -0.39 is 17.5 Å². The van der Waals surface area contributed by atoms with E-state index >= 15 is 0 Å². The Morgan fingerprint density at radius 3 is 2.56 bits per heavy atom. The van der Waals surface area contributed by atoms with E-state index in [1.54, 1.807) is 39.9 Å². The van der Waals surface area contributed by atoms with Crippen LogP contribution in [0.5, 0.6) is 11.5 Å². The van der Waals surface area contributed by atoms with Crippen molar-refractivity contribution in [3.05, 3.63) is 72.1 Å². The van der Waals surface area contributed by atoms with Gasteiger partial charge in [0.15, 0.2) is 17.2 Å². The maximum Gasteiger partial charge on any atom is 0.259 e. The van der Waals surface area contributed by atoms with Crippen LogP contribution in [0.25, 0.3) is 22.3 Å². The summed E-state index contributed by atoms with van der Waals surface area (Å²) >= 11 is 0. The zero-order valence-corrected chi connectivity index (χ0v) is 22.0. The molecule has 1 saturated carbocycles. The molecule has 1 saturated heterocycles. The van der Waals surface area contributed by atoms with Crippen molar-refractivity contribution >= 4 is 28.7 Å². The summed E-state index contributed by atoms with van der Waals surface area (Å²) in [6, 6.07) is 10.2. The van der Waals surface area contributed by atoms with Gasteiger partial charge in [-0.3, -0.25) is 9.59 Å². The SMILES string of the molecule is NC(=O)C(=CC1CC1)C(=O)N1CCC[C@@H](n2nc(-c3ccc(Oc4cccc(F)c4F)cc3)c3c(N)ncnc32)C1. The number of nitrogen functional groups attached to an aromatic ring is 1. The molecule has 2 amide bonds. The summed E-state index contributed by atoms with van der Waals surface area (Å²) in [6.45, 7) is 0.821. The van der Waals surface area contributed by atoms with Crippen molar-refractivity contribution in [2.45, 2.75) is 31.7 Å². The van der Waals surface area contributed by atoms with Crippen molar-refractivity contribution < 1.29 is 23.1 Å². The fourth-order valence-corrected chi connectivity index (χ4v) is 5.09. The van der Waals surface area contributed by atoms with E-state index in [4.69, 9.17) is 21.3 Å². The fraction of sp³-hybridized carbons (Fsp3) is 0.276. The first kappa shape index (κ1) is 26.4. The molecule has 3 heterocycles. The van der Waals surface area contributed by atoms with Gasteiger partial charge in [0.1, 0.15) is 29.2 Å². The zero-order valence-electron chi connectivity index (χ0n) is 22.0. The van der Waals surface area contributed by atoms with E-state index in [2.05, 4.69) is 9.97 Å². The van der Waals surface area contributed by atoms with Crippen molar-refractivity contribution in [2.24, 2.45) is 11.7 Å². The number of nitrogens with zero attached hydrogens (tertiary/aromatic N) is 5. The molecule has 12 heteroatoms. The number of hydrogen-bond acceptors (Lipinski definition) is 7. The van der Waals surface area contributed by atoms with Gasteiger partial charge in [0.25, 0.3) is 11.8 Å². The summed E-state index contributed by atoms with van der Waals surface area (Å²) in [5.74, 6) is -2.62. The number of aromatic nitrogens is 4. The number of carbonyl (C=O) groups is 2. The molecule has 41 heavy (non-hydrogen) atoms. The number of ether oxygens (including phenoxy) is 1. The lowest BCUT2D eigenvalue weighted by Gasteiger charge is -2.33. The minimum absolute atomic E-state index is 0.0335. The number of amides is 2. The van der Waals surface area contributed by atoms with Crippen LogP contribution in [0.2, 0.25) is 0 Å². The molecule has 2 aromatic heterocycles. The van der Waals surface area contributed by atoms with Crippen LogP contribution in [0.4, 0.5) is 14.6 Å². The maximum atomic E-state index is 14.1. The van der Waals surface area contributed by atoms with Gasteiger partial charge in [-0.1, -0.05) is 12.1 Å². The van der Waals surface area contributed by atoms with Crippen molar-refractivity contribution in [3.63, 3.8) is 0 Å². The van der Waals surface area contributed by atoms with Crippen LogP contribution in [0.1, 0.15) is 31.7 Å². The van der Waals surface area contributed by atoms with Gasteiger partial charge in [0, 0.05) is 18.7 Å². The van der Waals surface area contributed by atoms with Crippen molar-refractivity contribution in [2.75, 3.05) is 18.8 Å². The van der Waals surface area contributed by atoms with Crippen LogP contribution >= 0.6 is 0 Å². The minimum Gasteiger partial charge on any atom is -0.454 e. The van der Waals surface area contributed by atoms with E-state index in [0.717, 1.165) is 25.3 Å². The molecular weight excluding hydrogens is 532 g/mol. The average Bonchev–Trinajstić information content (AvgIpc) is 3.71. The molecule has 2 aromatic carbocycles. The molecule has 1 atom stereocenters. The van der Waals surface area contributed by atoms with Crippen LogP contribution in [0.15, 0.2) is 60.4 Å². The molecule has 1 aliphatic carbocycles. The number of hydrogen-bond donors (Lipinski definition) is 2. The quantitative estimate of drug-likeness (QED) is 0.197. The largest absolute Gasteiger partial charge is 0.454 e. The van der Waals surface area contributed by atoms with Crippen LogP contribution in [0, 0.1) is 17.6 Å². The number of halogens is 2. The second-order valence-corrected chi connectivity index (χ2v) is 10.3. The number of allylic oxidation sites excluding steroid dienone is 1. The molecule has 0 spiro atoms. The summed E-state index contributed by atoms with van der Waals surface area (Å²) in [5.41, 5.74) is 13.6. The van der Waals surface area contributed by atoms with Gasteiger partial charge >= 0.3 is 0 Å². The average molecular weight is 560 g/mol. The first-order valence-electron chi connectivity index (χ1n) is 13.3. The Morgan fingerprint density at radius 2 is 1.83 bits per heavy atom. The number of nitrogens with two attached hydrogens (primary N) is 2. The van der Waals surface area contributed by atoms with Crippen LogP contribution < -0.4 is 16.2 Å². The fourth-order valence-electron chi connectivity index (χ4n) is 5.09. The van der Waals surface area contributed by atoms with Gasteiger partial charge in [-0.25, -0.2) is 19.0 Å². The van der Waals surface area contributed by atoms with Gasteiger partial charge in [-0.05, 0) is 68.0 Å². The second-order valence-electron chi connectivity index (χ2n) is 10.3. The molecule has 210 valence electrons. The molecule has 0 unspecified atom stereocenters. The predicted molar refractivity (Wildman–Crippen MR) is 146 cm³/mol.